The van der Waals surface area contributed by atoms with Gasteiger partial charge in [-0.15, -0.1) is 11.3 Å². The van der Waals surface area contributed by atoms with Crippen molar-refractivity contribution in [3.05, 3.63) is 16.8 Å². The van der Waals surface area contributed by atoms with Crippen molar-refractivity contribution in [2.75, 3.05) is 31.1 Å². The van der Waals surface area contributed by atoms with Gasteiger partial charge >= 0.3 is 6.18 Å². The van der Waals surface area contributed by atoms with E-state index in [2.05, 4.69) is 9.97 Å². The molecule has 0 saturated carbocycles. The predicted octanol–water partition coefficient (Wildman–Crippen LogP) is 3.94. The number of aromatic nitrogens is 2. The maximum absolute atomic E-state index is 12.8. The molecule has 3 heterocycles. The number of alkyl halides is 3. The van der Waals surface area contributed by atoms with Crippen molar-refractivity contribution in [1.29, 1.82) is 0 Å². The third-order valence-electron chi connectivity index (χ3n) is 4.84. The van der Waals surface area contributed by atoms with Crippen LogP contribution in [0.2, 0.25) is 0 Å². The number of nitrogens with zero attached hydrogens (tertiary/aromatic N) is 4. The zero-order valence-electron chi connectivity index (χ0n) is 15.6. The third-order valence-corrected chi connectivity index (χ3v) is 5.83. The lowest BCUT2D eigenvalue weighted by Gasteiger charge is -2.36. The Bertz CT molecular complexity index is 836. The van der Waals surface area contributed by atoms with E-state index in [4.69, 9.17) is 0 Å². The number of aryl methyl sites for hydroxylation is 2. The quantitative estimate of drug-likeness (QED) is 0.780. The Morgan fingerprint density at radius 3 is 2.78 bits per heavy atom. The first-order chi connectivity index (χ1) is 12.7. The van der Waals surface area contributed by atoms with Crippen molar-refractivity contribution in [2.24, 2.45) is 5.92 Å². The molecule has 5 nitrogen and oxygen atoms in total. The van der Waals surface area contributed by atoms with Crippen LogP contribution in [0.25, 0.3) is 10.2 Å². The second kappa shape index (κ2) is 7.61. The lowest BCUT2D eigenvalue weighted by molar-refractivity contribution is -0.163. The fourth-order valence-corrected chi connectivity index (χ4v) is 4.55. The number of carbonyl (C=O) groups is 1. The topological polar surface area (TPSA) is 49.3 Å². The first kappa shape index (κ1) is 19.9. The van der Waals surface area contributed by atoms with Crippen LogP contribution >= 0.6 is 11.3 Å². The number of halogens is 3. The minimum atomic E-state index is -4.39. The molecule has 0 aromatic carbocycles. The fourth-order valence-electron chi connectivity index (χ4n) is 3.59. The summed E-state index contributed by atoms with van der Waals surface area (Å²) in [5.41, 5.74) is 1.07. The summed E-state index contributed by atoms with van der Waals surface area (Å²) in [5, 5.41) is 3.00. The molecule has 0 aliphatic carbocycles. The molecule has 0 spiro atoms. The number of rotatable bonds is 4. The van der Waals surface area contributed by atoms with Gasteiger partial charge < -0.3 is 9.80 Å². The van der Waals surface area contributed by atoms with Crippen LogP contribution in [0, 0.1) is 19.8 Å². The molecule has 1 atom stereocenters. The Morgan fingerprint density at radius 2 is 2.11 bits per heavy atom. The van der Waals surface area contributed by atoms with E-state index in [9.17, 15) is 18.0 Å². The van der Waals surface area contributed by atoms with Crippen molar-refractivity contribution < 1.29 is 18.0 Å². The summed E-state index contributed by atoms with van der Waals surface area (Å²) in [6.45, 7) is 5.37. The van der Waals surface area contributed by atoms with E-state index in [-0.39, 0.29) is 6.54 Å². The summed E-state index contributed by atoms with van der Waals surface area (Å²) < 4.78 is 38.3. The third kappa shape index (κ3) is 4.34. The van der Waals surface area contributed by atoms with Gasteiger partial charge in [-0.1, -0.05) is 0 Å². The minimum Gasteiger partial charge on any atom is -0.355 e. The van der Waals surface area contributed by atoms with Gasteiger partial charge in [0.25, 0.3) is 0 Å². The van der Waals surface area contributed by atoms with Crippen molar-refractivity contribution in [3.8, 4) is 0 Å². The molecule has 1 saturated heterocycles. The number of anilines is 1. The molecule has 27 heavy (non-hydrogen) atoms. The average molecular weight is 400 g/mol. The second-order valence-corrected chi connectivity index (χ2v) is 7.80. The van der Waals surface area contributed by atoms with E-state index in [0.29, 0.717) is 18.8 Å². The highest BCUT2D eigenvalue weighted by molar-refractivity contribution is 7.17. The maximum Gasteiger partial charge on any atom is 0.406 e. The van der Waals surface area contributed by atoms with Crippen LogP contribution in [0.5, 0.6) is 0 Å². The predicted molar refractivity (Wildman–Crippen MR) is 100 cm³/mol. The molecule has 0 bridgehead atoms. The molecule has 9 heteroatoms. The standard InChI is InChI=1S/C18H23F3N4OS/c1-4-24(10-18(19,20)21)17(26)13-6-5-7-25(8-13)15-14-11(2)9-27-16(14)23-12(3)22-15/h9,13H,4-8,10H2,1-3H3. The Balaban J connectivity index is 1.84. The molecular weight excluding hydrogens is 377 g/mol. The maximum atomic E-state index is 12.8. The second-order valence-electron chi connectivity index (χ2n) is 6.95. The SMILES string of the molecule is CCN(CC(F)(F)F)C(=O)C1CCCN(c2nc(C)nc3scc(C)c23)C1. The zero-order chi connectivity index (χ0) is 19.8. The Kier molecular flexibility index (Phi) is 5.60. The van der Waals surface area contributed by atoms with E-state index < -0.39 is 24.5 Å². The van der Waals surface area contributed by atoms with Gasteiger partial charge in [-0.3, -0.25) is 4.79 Å². The number of carbonyl (C=O) groups excluding carboxylic acids is 1. The summed E-state index contributed by atoms with van der Waals surface area (Å²) in [6.07, 6.45) is -3.04. The van der Waals surface area contributed by atoms with Gasteiger partial charge in [0.1, 0.15) is 23.0 Å². The van der Waals surface area contributed by atoms with Crippen molar-refractivity contribution in [2.45, 2.75) is 39.8 Å². The highest BCUT2D eigenvalue weighted by Gasteiger charge is 2.36. The van der Waals surface area contributed by atoms with Gasteiger partial charge in [0.2, 0.25) is 5.91 Å². The lowest BCUT2D eigenvalue weighted by atomic mass is 9.96. The largest absolute Gasteiger partial charge is 0.406 e. The molecule has 2 aromatic rings. The normalized spacial score (nSPS) is 18.1. The molecule has 1 aliphatic rings. The summed E-state index contributed by atoms with van der Waals surface area (Å²) in [6, 6.07) is 0. The molecule has 1 fully saturated rings. The van der Waals surface area contributed by atoms with Crippen LogP contribution in [0.3, 0.4) is 0 Å². The van der Waals surface area contributed by atoms with Crippen LogP contribution in [0.15, 0.2) is 5.38 Å². The highest BCUT2D eigenvalue weighted by Crippen LogP contribution is 2.34. The van der Waals surface area contributed by atoms with Gasteiger partial charge in [-0.2, -0.15) is 13.2 Å². The van der Waals surface area contributed by atoms with Crippen LogP contribution < -0.4 is 4.90 Å². The minimum absolute atomic E-state index is 0.0509. The molecular formula is C18H23F3N4OS. The number of thiophene rings is 1. The molecule has 1 amide bonds. The van der Waals surface area contributed by atoms with E-state index in [1.165, 1.54) is 0 Å². The lowest BCUT2D eigenvalue weighted by Crippen LogP contribution is -2.47. The van der Waals surface area contributed by atoms with Crippen LogP contribution in [0.4, 0.5) is 19.0 Å². The van der Waals surface area contributed by atoms with E-state index >= 15 is 0 Å². The summed E-state index contributed by atoms with van der Waals surface area (Å²) in [7, 11) is 0. The number of hydrogen-bond donors (Lipinski definition) is 0. The fraction of sp³-hybridized carbons (Fsp3) is 0.611. The molecule has 3 rings (SSSR count). The smallest absolute Gasteiger partial charge is 0.355 e. The number of amides is 1. The van der Waals surface area contributed by atoms with Gasteiger partial charge in [0.05, 0.1) is 11.3 Å². The molecule has 1 unspecified atom stereocenters. The summed E-state index contributed by atoms with van der Waals surface area (Å²) in [4.78, 5) is 25.6. The van der Waals surface area contributed by atoms with E-state index in [1.807, 2.05) is 24.1 Å². The Morgan fingerprint density at radius 1 is 1.37 bits per heavy atom. The summed E-state index contributed by atoms with van der Waals surface area (Å²) >= 11 is 1.55. The van der Waals surface area contributed by atoms with Gasteiger partial charge in [-0.05, 0) is 44.6 Å². The summed E-state index contributed by atoms with van der Waals surface area (Å²) in [5.74, 6) is 0.557. The van der Waals surface area contributed by atoms with Crippen molar-refractivity contribution in [1.82, 2.24) is 14.9 Å². The first-order valence-electron chi connectivity index (χ1n) is 9.02. The van der Waals surface area contributed by atoms with Crippen LogP contribution in [0.1, 0.15) is 31.2 Å². The molecule has 1 aliphatic heterocycles. The molecule has 0 N–H and O–H groups in total. The average Bonchev–Trinajstić information content (AvgIpc) is 2.98. The zero-order valence-corrected chi connectivity index (χ0v) is 16.5. The number of piperidine rings is 1. The van der Waals surface area contributed by atoms with Crippen molar-refractivity contribution in [3.63, 3.8) is 0 Å². The molecule has 2 aromatic heterocycles. The number of hydrogen-bond acceptors (Lipinski definition) is 5. The number of fused-ring (bicyclic) bond motifs is 1. The van der Waals surface area contributed by atoms with E-state index in [0.717, 1.165) is 39.5 Å². The monoisotopic (exact) mass is 400 g/mol. The van der Waals surface area contributed by atoms with Crippen LogP contribution in [-0.2, 0) is 4.79 Å². The van der Waals surface area contributed by atoms with Crippen LogP contribution in [-0.4, -0.2) is 53.1 Å². The Labute approximate surface area is 160 Å². The molecule has 0 radical (unpaired) electrons. The van der Waals surface area contributed by atoms with Gasteiger partial charge in [0, 0.05) is 19.6 Å². The Hall–Kier alpha value is -1.90. The molecule has 148 valence electrons. The van der Waals surface area contributed by atoms with Crippen molar-refractivity contribution >= 4 is 33.3 Å². The van der Waals surface area contributed by atoms with E-state index in [1.54, 1.807) is 18.3 Å². The highest BCUT2D eigenvalue weighted by atomic mass is 32.1. The van der Waals surface area contributed by atoms with Gasteiger partial charge in [-0.25, -0.2) is 9.97 Å². The van der Waals surface area contributed by atoms with Gasteiger partial charge in [0.15, 0.2) is 0 Å². The first-order valence-corrected chi connectivity index (χ1v) is 9.90.